The highest BCUT2D eigenvalue weighted by Crippen LogP contribution is 2.49. The molecule has 1 aromatic heterocycles. The molecule has 2 aliphatic heterocycles. The molecule has 1 unspecified atom stereocenters. The number of hydrogen-bond acceptors (Lipinski definition) is 4. The topological polar surface area (TPSA) is 69.1 Å². The van der Waals surface area contributed by atoms with Crippen molar-refractivity contribution in [3.8, 4) is 0 Å². The monoisotopic (exact) mass is 402 g/mol. The average Bonchev–Trinajstić information content (AvgIpc) is 3.34. The number of nitrogens with one attached hydrogen (secondary N) is 2. The lowest BCUT2D eigenvalue weighted by molar-refractivity contribution is -0.147. The molecule has 5 rings (SSSR count). The molecule has 0 bridgehead atoms. The van der Waals surface area contributed by atoms with E-state index in [1.165, 1.54) is 6.42 Å². The smallest absolute Gasteiger partial charge is 0.228 e. The Balaban J connectivity index is 1.37. The van der Waals surface area contributed by atoms with Crippen LogP contribution in [0.25, 0.3) is 10.9 Å². The zero-order chi connectivity index (χ0) is 20.8. The van der Waals surface area contributed by atoms with Crippen molar-refractivity contribution in [1.29, 1.82) is 5.41 Å². The molecule has 0 radical (unpaired) electrons. The largest absolute Gasteiger partial charge is 0.388 e. The third kappa shape index (κ3) is 3.03. The van der Waals surface area contributed by atoms with Crippen LogP contribution in [-0.2, 0) is 4.79 Å². The summed E-state index contributed by atoms with van der Waals surface area (Å²) in [5.41, 5.74) is 3.26. The number of rotatable bonds is 4. The van der Waals surface area contributed by atoms with Crippen molar-refractivity contribution in [1.82, 2.24) is 15.2 Å². The minimum absolute atomic E-state index is 0.0229. The van der Waals surface area contributed by atoms with E-state index in [0.29, 0.717) is 11.6 Å². The van der Waals surface area contributed by atoms with Gasteiger partial charge in [-0.3, -0.25) is 9.78 Å². The molecule has 30 heavy (non-hydrogen) atoms. The van der Waals surface area contributed by atoms with Gasteiger partial charge < -0.3 is 15.6 Å². The van der Waals surface area contributed by atoms with E-state index in [4.69, 9.17) is 5.41 Å². The van der Waals surface area contributed by atoms with Gasteiger partial charge in [0, 0.05) is 53.3 Å². The fraction of sp³-hybridized carbons (Fsp3) is 0.480. The number of carbonyl (C=O) groups is 1. The number of amides is 1. The van der Waals surface area contributed by atoms with Gasteiger partial charge >= 0.3 is 0 Å². The van der Waals surface area contributed by atoms with Crippen molar-refractivity contribution in [2.24, 2.45) is 10.8 Å². The lowest BCUT2D eigenvalue weighted by Gasteiger charge is -2.42. The van der Waals surface area contributed by atoms with Gasteiger partial charge in [0.25, 0.3) is 0 Å². The maximum atomic E-state index is 13.2. The van der Waals surface area contributed by atoms with Gasteiger partial charge in [0.1, 0.15) is 0 Å². The molecule has 1 amide bonds. The zero-order valence-electron chi connectivity index (χ0n) is 17.7. The fourth-order valence-electron chi connectivity index (χ4n) is 5.54. The summed E-state index contributed by atoms with van der Waals surface area (Å²) >= 11 is 0. The van der Waals surface area contributed by atoms with Crippen LogP contribution in [0.3, 0.4) is 0 Å². The SMILES string of the molecule is CCC1(C(=O)N2CCC3(CCN/C3=C\C(=N)c3cnc4ccccc4c3)C2)CCC1. The summed E-state index contributed by atoms with van der Waals surface area (Å²) in [7, 11) is 0. The molecule has 1 aromatic carbocycles. The molecule has 3 aliphatic rings. The first-order valence-electron chi connectivity index (χ1n) is 11.2. The summed E-state index contributed by atoms with van der Waals surface area (Å²) in [5.74, 6) is 0.369. The van der Waals surface area contributed by atoms with Crippen LogP contribution >= 0.6 is 0 Å². The highest BCUT2D eigenvalue weighted by molar-refractivity contribution is 6.08. The summed E-state index contributed by atoms with van der Waals surface area (Å²) in [6.45, 7) is 4.69. The molecule has 5 heteroatoms. The molecule has 156 valence electrons. The second-order valence-corrected chi connectivity index (χ2v) is 9.31. The molecule has 5 nitrogen and oxygen atoms in total. The maximum Gasteiger partial charge on any atom is 0.228 e. The van der Waals surface area contributed by atoms with Gasteiger partial charge in [-0.2, -0.15) is 0 Å². The Bertz CT molecular complexity index is 1030. The van der Waals surface area contributed by atoms with Crippen LogP contribution in [0, 0.1) is 16.2 Å². The Kier molecular flexibility index (Phi) is 4.64. The molecule has 1 atom stereocenters. The first-order valence-corrected chi connectivity index (χ1v) is 11.2. The lowest BCUT2D eigenvalue weighted by atomic mass is 9.66. The number of para-hydroxylation sites is 1. The quantitative estimate of drug-likeness (QED) is 0.750. The number of fused-ring (bicyclic) bond motifs is 1. The van der Waals surface area contributed by atoms with E-state index in [1.807, 2.05) is 36.4 Å². The minimum atomic E-state index is -0.0923. The standard InChI is InChI=1S/C25H30N4O/c1-2-24(8-5-9-24)23(30)29-13-11-25(17-29)10-12-27-22(25)15-20(26)19-14-18-6-3-4-7-21(18)28-16-19/h3-4,6-7,14-16,26-27H,2,5,8-13,17H2,1H3/b22-15-,26-20?. The molecule has 1 spiro atoms. The van der Waals surface area contributed by atoms with E-state index in [2.05, 4.69) is 22.1 Å². The van der Waals surface area contributed by atoms with Crippen LogP contribution in [0.1, 0.15) is 51.0 Å². The van der Waals surface area contributed by atoms with Gasteiger partial charge in [-0.25, -0.2) is 0 Å². The Morgan fingerprint density at radius 2 is 2.10 bits per heavy atom. The van der Waals surface area contributed by atoms with Gasteiger partial charge in [-0.15, -0.1) is 0 Å². The predicted molar refractivity (Wildman–Crippen MR) is 119 cm³/mol. The molecule has 2 N–H and O–H groups in total. The van der Waals surface area contributed by atoms with E-state index in [9.17, 15) is 4.79 Å². The van der Waals surface area contributed by atoms with Crippen LogP contribution in [0.2, 0.25) is 0 Å². The van der Waals surface area contributed by atoms with E-state index < -0.39 is 0 Å². The van der Waals surface area contributed by atoms with Crippen molar-refractivity contribution in [3.63, 3.8) is 0 Å². The Morgan fingerprint density at radius 1 is 1.27 bits per heavy atom. The normalized spacial score (nSPS) is 26.2. The Morgan fingerprint density at radius 3 is 2.87 bits per heavy atom. The summed E-state index contributed by atoms with van der Waals surface area (Å²) < 4.78 is 0. The number of benzene rings is 1. The fourth-order valence-corrected chi connectivity index (χ4v) is 5.54. The van der Waals surface area contributed by atoms with Gasteiger partial charge in [0.05, 0.1) is 11.2 Å². The number of aromatic nitrogens is 1. The number of nitrogens with zero attached hydrogens (tertiary/aromatic N) is 2. The van der Waals surface area contributed by atoms with Gasteiger partial charge in [0.15, 0.2) is 0 Å². The number of likely N-dealkylation sites (tertiary alicyclic amines) is 1. The maximum absolute atomic E-state index is 13.2. The third-order valence-electron chi connectivity index (χ3n) is 7.76. The van der Waals surface area contributed by atoms with Gasteiger partial charge in [-0.05, 0) is 50.3 Å². The zero-order valence-corrected chi connectivity index (χ0v) is 17.7. The molecular weight excluding hydrogens is 372 g/mol. The summed E-state index contributed by atoms with van der Waals surface area (Å²) in [4.78, 5) is 19.9. The average molecular weight is 403 g/mol. The number of allylic oxidation sites excluding steroid dienone is 1. The second-order valence-electron chi connectivity index (χ2n) is 9.31. The van der Waals surface area contributed by atoms with Crippen LogP contribution in [0.4, 0.5) is 0 Å². The van der Waals surface area contributed by atoms with Gasteiger partial charge in [0.2, 0.25) is 5.91 Å². The number of hydrogen-bond donors (Lipinski definition) is 2. The molecule has 2 saturated heterocycles. The van der Waals surface area contributed by atoms with Crippen LogP contribution in [-0.4, -0.2) is 41.1 Å². The van der Waals surface area contributed by atoms with Crippen LogP contribution in [0.15, 0.2) is 48.3 Å². The van der Waals surface area contributed by atoms with E-state index in [0.717, 1.165) is 73.9 Å². The summed E-state index contributed by atoms with van der Waals surface area (Å²) in [5, 5.41) is 13.3. The molecular formula is C25H30N4O. The van der Waals surface area contributed by atoms with Gasteiger partial charge in [-0.1, -0.05) is 31.5 Å². The van der Waals surface area contributed by atoms with Crippen molar-refractivity contribution in [3.05, 3.63) is 53.9 Å². The summed E-state index contributed by atoms with van der Waals surface area (Å²) in [6.07, 6.45) is 10.0. The first kappa shape index (κ1) is 19.3. The van der Waals surface area contributed by atoms with Crippen molar-refractivity contribution < 1.29 is 4.79 Å². The third-order valence-corrected chi connectivity index (χ3v) is 7.76. The van der Waals surface area contributed by atoms with Crippen molar-refractivity contribution in [2.75, 3.05) is 19.6 Å². The van der Waals surface area contributed by atoms with Crippen molar-refractivity contribution in [2.45, 2.75) is 45.4 Å². The molecule has 3 fully saturated rings. The Hall–Kier alpha value is -2.69. The van der Waals surface area contributed by atoms with E-state index in [1.54, 1.807) is 6.20 Å². The predicted octanol–water partition coefficient (Wildman–Crippen LogP) is 4.28. The van der Waals surface area contributed by atoms with E-state index in [-0.39, 0.29) is 10.8 Å². The molecule has 1 aliphatic carbocycles. The Labute approximate surface area is 178 Å². The number of pyridine rings is 1. The lowest BCUT2D eigenvalue weighted by Crippen LogP contribution is -2.47. The van der Waals surface area contributed by atoms with Crippen molar-refractivity contribution >= 4 is 22.5 Å². The van der Waals surface area contributed by atoms with Crippen LogP contribution < -0.4 is 5.32 Å². The van der Waals surface area contributed by atoms with Crippen LogP contribution in [0.5, 0.6) is 0 Å². The highest BCUT2D eigenvalue weighted by atomic mass is 16.2. The minimum Gasteiger partial charge on any atom is -0.388 e. The molecule has 2 aromatic rings. The van der Waals surface area contributed by atoms with E-state index >= 15 is 0 Å². The molecule has 3 heterocycles. The molecule has 1 saturated carbocycles. The first-order chi connectivity index (χ1) is 14.6. The summed E-state index contributed by atoms with van der Waals surface area (Å²) in [6, 6.07) is 10.0. The number of carbonyl (C=O) groups excluding carboxylic acids is 1. The highest BCUT2D eigenvalue weighted by Gasteiger charge is 2.51. The second kappa shape index (κ2) is 7.22.